The Morgan fingerprint density at radius 2 is 2.00 bits per heavy atom. The Kier molecular flexibility index (Phi) is 4.70. The predicted molar refractivity (Wildman–Crippen MR) is 83.3 cm³/mol. The lowest BCUT2D eigenvalue weighted by Crippen LogP contribution is -1.89. The zero-order valence-electron chi connectivity index (χ0n) is 8.79. The molecule has 0 aliphatic rings. The Bertz CT molecular complexity index is 531. The smallest absolute Gasteiger partial charge is 0.131 e. The zero-order valence-corrected chi connectivity index (χ0v) is 13.3. The van der Waals surface area contributed by atoms with Crippen molar-refractivity contribution in [3.8, 4) is 11.5 Å². The quantitative estimate of drug-likeness (QED) is 0.459. The Morgan fingerprint density at radius 3 is 2.71 bits per heavy atom. The van der Waals surface area contributed by atoms with E-state index in [4.69, 9.17) is 16.3 Å². The predicted octanol–water partition coefficient (Wildman–Crippen LogP) is 5.63. The van der Waals surface area contributed by atoms with Crippen LogP contribution in [0.4, 0.5) is 0 Å². The van der Waals surface area contributed by atoms with Gasteiger partial charge < -0.3 is 4.74 Å². The Hall–Kier alpha value is -0.260. The average Bonchev–Trinajstić information content (AvgIpc) is 2.31. The standard InChI is InChI=1S/C13H9BrClIO/c14-8-9-6-10(15)4-5-13(9)17-12-3-1-2-11(16)7-12/h1-7H,8H2. The van der Waals surface area contributed by atoms with Gasteiger partial charge in [0.2, 0.25) is 0 Å². The molecule has 0 aliphatic carbocycles. The van der Waals surface area contributed by atoms with Gasteiger partial charge in [0.15, 0.2) is 0 Å². The van der Waals surface area contributed by atoms with E-state index in [2.05, 4.69) is 38.5 Å². The van der Waals surface area contributed by atoms with E-state index in [0.717, 1.165) is 25.7 Å². The highest BCUT2D eigenvalue weighted by Crippen LogP contribution is 2.29. The van der Waals surface area contributed by atoms with Crippen LogP contribution in [-0.2, 0) is 5.33 Å². The van der Waals surface area contributed by atoms with Crippen molar-refractivity contribution in [2.75, 3.05) is 0 Å². The topological polar surface area (TPSA) is 9.23 Å². The van der Waals surface area contributed by atoms with Gasteiger partial charge >= 0.3 is 0 Å². The minimum atomic E-state index is 0.715. The Balaban J connectivity index is 2.29. The van der Waals surface area contributed by atoms with Crippen molar-refractivity contribution in [1.29, 1.82) is 0 Å². The third kappa shape index (κ3) is 3.60. The number of alkyl halides is 1. The average molecular weight is 423 g/mol. The second-order valence-corrected chi connectivity index (χ2v) is 5.69. The van der Waals surface area contributed by atoms with Gasteiger partial charge in [0.1, 0.15) is 11.5 Å². The Morgan fingerprint density at radius 1 is 1.18 bits per heavy atom. The third-order valence-electron chi connectivity index (χ3n) is 2.19. The van der Waals surface area contributed by atoms with Crippen LogP contribution in [0.15, 0.2) is 42.5 Å². The summed E-state index contributed by atoms with van der Waals surface area (Å²) in [6, 6.07) is 13.6. The summed E-state index contributed by atoms with van der Waals surface area (Å²) in [6.45, 7) is 0. The molecule has 88 valence electrons. The lowest BCUT2D eigenvalue weighted by atomic mass is 10.2. The van der Waals surface area contributed by atoms with Crippen molar-refractivity contribution >= 4 is 50.1 Å². The van der Waals surface area contributed by atoms with Gasteiger partial charge in [0, 0.05) is 19.5 Å². The van der Waals surface area contributed by atoms with Crippen LogP contribution in [0.5, 0.6) is 11.5 Å². The molecule has 0 saturated carbocycles. The number of ether oxygens (including phenoxy) is 1. The molecule has 0 heterocycles. The molecule has 4 heteroatoms. The van der Waals surface area contributed by atoms with Crippen molar-refractivity contribution < 1.29 is 4.74 Å². The number of benzene rings is 2. The fourth-order valence-corrected chi connectivity index (χ4v) is 2.56. The van der Waals surface area contributed by atoms with Crippen molar-refractivity contribution in [2.24, 2.45) is 0 Å². The summed E-state index contributed by atoms with van der Waals surface area (Å²) in [4.78, 5) is 0. The molecule has 2 aromatic rings. The first-order chi connectivity index (χ1) is 8.19. The number of hydrogen-bond acceptors (Lipinski definition) is 1. The van der Waals surface area contributed by atoms with Crippen molar-refractivity contribution in [3.63, 3.8) is 0 Å². The van der Waals surface area contributed by atoms with E-state index in [1.165, 1.54) is 0 Å². The molecule has 17 heavy (non-hydrogen) atoms. The molecule has 0 atom stereocenters. The Labute approximate surface area is 127 Å². The molecular formula is C13H9BrClIO. The normalized spacial score (nSPS) is 10.3. The maximum Gasteiger partial charge on any atom is 0.131 e. The van der Waals surface area contributed by atoms with Gasteiger partial charge in [-0.3, -0.25) is 0 Å². The maximum atomic E-state index is 5.95. The molecule has 0 radical (unpaired) electrons. The molecule has 0 aliphatic heterocycles. The van der Waals surface area contributed by atoms with Crippen molar-refractivity contribution in [2.45, 2.75) is 5.33 Å². The summed E-state index contributed by atoms with van der Waals surface area (Å²) in [7, 11) is 0. The molecule has 0 N–H and O–H groups in total. The summed E-state index contributed by atoms with van der Waals surface area (Å²) in [5, 5.41) is 1.43. The number of rotatable bonds is 3. The molecule has 0 saturated heterocycles. The first-order valence-electron chi connectivity index (χ1n) is 4.97. The highest BCUT2D eigenvalue weighted by Gasteiger charge is 2.05. The second kappa shape index (κ2) is 6.07. The molecular weight excluding hydrogens is 414 g/mol. The molecule has 0 amide bonds. The number of halogens is 3. The van der Waals surface area contributed by atoms with Crippen LogP contribution in [0.25, 0.3) is 0 Å². The van der Waals surface area contributed by atoms with Crippen LogP contribution in [0, 0.1) is 3.57 Å². The van der Waals surface area contributed by atoms with Gasteiger partial charge in [-0.05, 0) is 59.0 Å². The summed E-state index contributed by atoms with van der Waals surface area (Å²) < 4.78 is 6.99. The third-order valence-corrected chi connectivity index (χ3v) is 3.70. The molecule has 2 aromatic carbocycles. The van der Waals surface area contributed by atoms with Crippen LogP contribution < -0.4 is 4.74 Å². The summed E-state index contributed by atoms with van der Waals surface area (Å²) >= 11 is 11.6. The first kappa shape index (κ1) is 13.2. The van der Waals surface area contributed by atoms with E-state index in [0.29, 0.717) is 5.33 Å². The van der Waals surface area contributed by atoms with Gasteiger partial charge in [-0.25, -0.2) is 0 Å². The van der Waals surface area contributed by atoms with Crippen LogP contribution in [0.3, 0.4) is 0 Å². The van der Waals surface area contributed by atoms with Crippen molar-refractivity contribution in [3.05, 3.63) is 56.6 Å². The van der Waals surface area contributed by atoms with E-state index in [9.17, 15) is 0 Å². The molecule has 1 nitrogen and oxygen atoms in total. The largest absolute Gasteiger partial charge is 0.457 e. The van der Waals surface area contributed by atoms with Gasteiger partial charge in [-0.2, -0.15) is 0 Å². The van der Waals surface area contributed by atoms with E-state index in [1.54, 1.807) is 0 Å². The van der Waals surface area contributed by atoms with Gasteiger partial charge in [0.05, 0.1) is 0 Å². The maximum absolute atomic E-state index is 5.95. The van der Waals surface area contributed by atoms with Crippen LogP contribution in [0.1, 0.15) is 5.56 Å². The second-order valence-electron chi connectivity index (χ2n) is 3.45. The van der Waals surface area contributed by atoms with E-state index < -0.39 is 0 Å². The molecule has 0 spiro atoms. The lowest BCUT2D eigenvalue weighted by Gasteiger charge is -2.10. The fraction of sp³-hybridized carbons (Fsp3) is 0.0769. The van der Waals surface area contributed by atoms with Crippen molar-refractivity contribution in [1.82, 2.24) is 0 Å². The van der Waals surface area contributed by atoms with Gasteiger partial charge in [-0.15, -0.1) is 0 Å². The summed E-state index contributed by atoms with van der Waals surface area (Å²) in [5.41, 5.74) is 1.04. The minimum Gasteiger partial charge on any atom is -0.457 e. The molecule has 2 rings (SSSR count). The summed E-state index contributed by atoms with van der Waals surface area (Å²) in [5.74, 6) is 1.66. The highest BCUT2D eigenvalue weighted by molar-refractivity contribution is 14.1. The fourth-order valence-electron chi connectivity index (χ4n) is 1.41. The van der Waals surface area contributed by atoms with E-state index >= 15 is 0 Å². The van der Waals surface area contributed by atoms with Crippen LogP contribution in [0.2, 0.25) is 5.02 Å². The number of hydrogen-bond donors (Lipinski definition) is 0. The molecule has 0 bridgehead atoms. The highest BCUT2D eigenvalue weighted by atomic mass is 127. The lowest BCUT2D eigenvalue weighted by molar-refractivity contribution is 0.478. The van der Waals surface area contributed by atoms with Crippen LogP contribution >= 0.6 is 50.1 Å². The van der Waals surface area contributed by atoms with Crippen LogP contribution in [-0.4, -0.2) is 0 Å². The molecule has 0 aromatic heterocycles. The minimum absolute atomic E-state index is 0.715. The zero-order chi connectivity index (χ0) is 12.3. The first-order valence-corrected chi connectivity index (χ1v) is 7.54. The van der Waals surface area contributed by atoms with Gasteiger partial charge in [-0.1, -0.05) is 33.6 Å². The van der Waals surface area contributed by atoms with Gasteiger partial charge in [0.25, 0.3) is 0 Å². The molecule has 0 fully saturated rings. The van der Waals surface area contributed by atoms with E-state index in [-0.39, 0.29) is 0 Å². The molecule has 0 unspecified atom stereocenters. The SMILES string of the molecule is Clc1ccc(Oc2cccc(I)c2)c(CBr)c1. The summed E-state index contributed by atoms with van der Waals surface area (Å²) in [6.07, 6.45) is 0. The van der Waals surface area contributed by atoms with E-state index in [1.807, 2.05) is 42.5 Å². The monoisotopic (exact) mass is 422 g/mol.